The molecule has 1 fully saturated rings. The lowest BCUT2D eigenvalue weighted by Crippen LogP contribution is -2.52. The van der Waals surface area contributed by atoms with Gasteiger partial charge in [0.15, 0.2) is 5.11 Å². The van der Waals surface area contributed by atoms with Crippen LogP contribution >= 0.6 is 23.6 Å². The maximum Gasteiger partial charge on any atom is 0.169 e. The smallest absolute Gasteiger partial charge is 0.169 e. The largest absolute Gasteiger partial charge is 0.363 e. The van der Waals surface area contributed by atoms with Crippen LogP contribution in [0.15, 0.2) is 12.4 Å². The highest BCUT2D eigenvalue weighted by Crippen LogP contribution is 2.30. The van der Waals surface area contributed by atoms with Gasteiger partial charge in [0.2, 0.25) is 0 Å². The van der Waals surface area contributed by atoms with Gasteiger partial charge in [0.25, 0.3) is 0 Å². The van der Waals surface area contributed by atoms with Gasteiger partial charge in [0.05, 0.1) is 5.39 Å². The molecule has 0 aromatic carbocycles. The van der Waals surface area contributed by atoms with Gasteiger partial charge in [-0.05, 0) is 31.1 Å². The number of hydrogen-bond donors (Lipinski definition) is 1. The molecule has 0 saturated carbocycles. The van der Waals surface area contributed by atoms with Crippen molar-refractivity contribution in [2.75, 3.05) is 37.6 Å². The molecule has 1 N–H and O–H groups in total. The van der Waals surface area contributed by atoms with E-state index in [-0.39, 0.29) is 0 Å². The molecule has 5 nitrogen and oxygen atoms in total. The Morgan fingerprint density at radius 3 is 2.75 bits per heavy atom. The Balaban J connectivity index is 1.64. The average Bonchev–Trinajstić information content (AvgIpc) is 3.05. The number of nitrogens with zero attached hydrogens (tertiary/aromatic N) is 4. The highest BCUT2D eigenvalue weighted by Gasteiger charge is 2.22. The summed E-state index contributed by atoms with van der Waals surface area (Å²) in [6.07, 6.45) is 5.09. The SMILES string of the molecule is CCCCNC(=S)N1CCN(c2ncnc3sc(CC)cc23)CC1. The molecular weight excluding hydrogens is 338 g/mol. The monoisotopic (exact) mass is 363 g/mol. The number of aromatic nitrogens is 2. The Labute approximate surface area is 153 Å². The number of thiophene rings is 1. The van der Waals surface area contributed by atoms with Crippen LogP contribution in [0.2, 0.25) is 0 Å². The first kappa shape index (κ1) is 17.4. The van der Waals surface area contributed by atoms with Gasteiger partial charge in [-0.2, -0.15) is 0 Å². The molecule has 0 unspecified atom stereocenters. The van der Waals surface area contributed by atoms with Crippen LogP contribution in [-0.4, -0.2) is 52.7 Å². The van der Waals surface area contributed by atoms with Crippen LogP contribution < -0.4 is 10.2 Å². The topological polar surface area (TPSA) is 44.3 Å². The Morgan fingerprint density at radius 2 is 2.04 bits per heavy atom. The first-order chi connectivity index (χ1) is 11.7. The van der Waals surface area contributed by atoms with Gasteiger partial charge in [-0.15, -0.1) is 11.3 Å². The normalized spacial score (nSPS) is 15.1. The molecule has 130 valence electrons. The van der Waals surface area contributed by atoms with E-state index >= 15 is 0 Å². The highest BCUT2D eigenvalue weighted by atomic mass is 32.1. The van der Waals surface area contributed by atoms with E-state index in [0.29, 0.717) is 0 Å². The Kier molecular flexibility index (Phi) is 5.84. The van der Waals surface area contributed by atoms with E-state index in [1.54, 1.807) is 17.7 Å². The first-order valence-electron chi connectivity index (χ1n) is 8.74. The third-order valence-corrected chi connectivity index (χ3v) is 5.97. The van der Waals surface area contributed by atoms with Crippen LogP contribution in [0.4, 0.5) is 5.82 Å². The summed E-state index contributed by atoms with van der Waals surface area (Å²) in [5.74, 6) is 1.07. The molecule has 0 spiro atoms. The molecule has 0 bridgehead atoms. The van der Waals surface area contributed by atoms with E-state index in [0.717, 1.165) is 61.3 Å². The fourth-order valence-corrected chi connectivity index (χ4v) is 4.14. The average molecular weight is 364 g/mol. The number of piperazine rings is 1. The fourth-order valence-electron chi connectivity index (χ4n) is 2.92. The zero-order valence-corrected chi connectivity index (χ0v) is 16.0. The third-order valence-electron chi connectivity index (χ3n) is 4.38. The fraction of sp³-hybridized carbons (Fsp3) is 0.588. The van der Waals surface area contributed by atoms with Gasteiger partial charge in [-0.25, -0.2) is 9.97 Å². The summed E-state index contributed by atoms with van der Waals surface area (Å²) in [6.45, 7) is 9.11. The van der Waals surface area contributed by atoms with Crippen LogP contribution in [0.5, 0.6) is 0 Å². The number of nitrogens with one attached hydrogen (secondary N) is 1. The summed E-state index contributed by atoms with van der Waals surface area (Å²) >= 11 is 7.28. The summed E-state index contributed by atoms with van der Waals surface area (Å²) in [5.41, 5.74) is 0. The standard InChI is InChI=1S/C17H25N5S2/c1-3-5-6-18-17(23)22-9-7-21(8-10-22)15-14-11-13(4-2)24-16(14)20-12-19-15/h11-12H,3-10H2,1-2H3,(H,18,23). The van der Waals surface area contributed by atoms with Gasteiger partial charge < -0.3 is 15.1 Å². The van der Waals surface area contributed by atoms with E-state index in [9.17, 15) is 0 Å². The molecule has 0 amide bonds. The number of thiocarbonyl (C=S) groups is 1. The van der Waals surface area contributed by atoms with Crippen molar-refractivity contribution in [1.82, 2.24) is 20.2 Å². The highest BCUT2D eigenvalue weighted by molar-refractivity contribution is 7.80. The van der Waals surface area contributed by atoms with E-state index in [1.165, 1.54) is 16.7 Å². The lowest BCUT2D eigenvalue weighted by molar-refractivity contribution is 0.379. The molecule has 0 aliphatic carbocycles. The molecule has 3 rings (SSSR count). The van der Waals surface area contributed by atoms with Crippen molar-refractivity contribution >= 4 is 44.7 Å². The third kappa shape index (κ3) is 3.78. The lowest BCUT2D eigenvalue weighted by Gasteiger charge is -2.37. The predicted molar refractivity (Wildman–Crippen MR) is 106 cm³/mol. The van der Waals surface area contributed by atoms with Crippen molar-refractivity contribution < 1.29 is 0 Å². The van der Waals surface area contributed by atoms with Gasteiger partial charge in [-0.1, -0.05) is 20.3 Å². The zero-order chi connectivity index (χ0) is 16.9. The zero-order valence-electron chi connectivity index (χ0n) is 14.4. The molecule has 24 heavy (non-hydrogen) atoms. The molecule has 1 aliphatic heterocycles. The maximum absolute atomic E-state index is 5.51. The molecule has 2 aromatic rings. The van der Waals surface area contributed by atoms with Crippen LogP contribution in [0.1, 0.15) is 31.6 Å². The van der Waals surface area contributed by atoms with E-state index < -0.39 is 0 Å². The van der Waals surface area contributed by atoms with E-state index in [1.807, 2.05) is 0 Å². The second-order valence-corrected chi connectivity index (χ2v) is 7.54. The summed E-state index contributed by atoms with van der Waals surface area (Å²) in [4.78, 5) is 16.1. The Morgan fingerprint density at radius 1 is 1.25 bits per heavy atom. The molecule has 1 aliphatic rings. The minimum absolute atomic E-state index is 0.889. The first-order valence-corrected chi connectivity index (χ1v) is 9.96. The van der Waals surface area contributed by atoms with Crippen LogP contribution in [0.25, 0.3) is 10.2 Å². The molecule has 3 heterocycles. The van der Waals surface area contributed by atoms with Gasteiger partial charge in [0.1, 0.15) is 17.0 Å². The van der Waals surface area contributed by atoms with Crippen molar-refractivity contribution in [3.63, 3.8) is 0 Å². The Bertz CT molecular complexity index is 691. The lowest BCUT2D eigenvalue weighted by atomic mass is 10.2. The number of hydrogen-bond acceptors (Lipinski definition) is 5. The summed E-state index contributed by atoms with van der Waals surface area (Å²) in [5, 5.41) is 5.44. The summed E-state index contributed by atoms with van der Waals surface area (Å²) < 4.78 is 0. The molecule has 2 aromatic heterocycles. The van der Waals surface area contributed by atoms with Crippen LogP contribution in [0.3, 0.4) is 0 Å². The van der Waals surface area contributed by atoms with Crippen molar-refractivity contribution in [3.8, 4) is 0 Å². The van der Waals surface area contributed by atoms with E-state index in [2.05, 4.69) is 45.0 Å². The van der Waals surface area contributed by atoms with Crippen molar-refractivity contribution in [2.45, 2.75) is 33.1 Å². The Hall–Kier alpha value is -1.47. The second-order valence-electron chi connectivity index (χ2n) is 6.04. The van der Waals surface area contributed by atoms with Crippen molar-refractivity contribution in [3.05, 3.63) is 17.3 Å². The summed E-state index contributed by atoms with van der Waals surface area (Å²) in [6, 6.07) is 2.25. The minimum Gasteiger partial charge on any atom is -0.363 e. The van der Waals surface area contributed by atoms with Gasteiger partial charge in [0, 0.05) is 37.6 Å². The molecule has 0 radical (unpaired) electrons. The molecule has 0 atom stereocenters. The number of fused-ring (bicyclic) bond motifs is 1. The summed E-state index contributed by atoms with van der Waals surface area (Å²) in [7, 11) is 0. The maximum atomic E-state index is 5.51. The van der Waals surface area contributed by atoms with Crippen molar-refractivity contribution in [1.29, 1.82) is 0 Å². The van der Waals surface area contributed by atoms with E-state index in [4.69, 9.17) is 12.2 Å². The van der Waals surface area contributed by atoms with Crippen molar-refractivity contribution in [2.24, 2.45) is 0 Å². The second kappa shape index (κ2) is 8.07. The van der Waals surface area contributed by atoms with Crippen LogP contribution in [-0.2, 0) is 6.42 Å². The number of rotatable bonds is 5. The van der Waals surface area contributed by atoms with Gasteiger partial charge >= 0.3 is 0 Å². The van der Waals surface area contributed by atoms with Crippen LogP contribution in [0, 0.1) is 0 Å². The number of aryl methyl sites for hydroxylation is 1. The number of unbranched alkanes of at least 4 members (excludes halogenated alkanes) is 1. The quantitative estimate of drug-likeness (QED) is 0.651. The molecule has 1 saturated heterocycles. The minimum atomic E-state index is 0.889. The van der Waals surface area contributed by atoms with Gasteiger partial charge in [-0.3, -0.25) is 0 Å². The molecular formula is C17H25N5S2. The molecule has 7 heteroatoms. The number of anilines is 1. The predicted octanol–water partition coefficient (Wildman–Crippen LogP) is 3.05.